The summed E-state index contributed by atoms with van der Waals surface area (Å²) < 4.78 is 44.1. The predicted molar refractivity (Wildman–Crippen MR) is 89.9 cm³/mol. The fraction of sp³-hybridized carbons (Fsp3) is 0.333. The molecule has 0 aromatic heterocycles. The van der Waals surface area contributed by atoms with E-state index in [4.69, 9.17) is 4.74 Å². The molecule has 0 amide bonds. The van der Waals surface area contributed by atoms with Gasteiger partial charge in [-0.2, -0.15) is 0 Å². The summed E-state index contributed by atoms with van der Waals surface area (Å²) in [6.07, 6.45) is 0.706. The highest BCUT2D eigenvalue weighted by Gasteiger charge is 2.38. The average molecular weight is 349 g/mol. The fourth-order valence-electron chi connectivity index (χ4n) is 3.14. The van der Waals surface area contributed by atoms with Crippen LogP contribution >= 0.6 is 0 Å². The van der Waals surface area contributed by atoms with Crippen LogP contribution in [0.5, 0.6) is 0 Å². The Morgan fingerprint density at radius 1 is 1.12 bits per heavy atom. The van der Waals surface area contributed by atoms with Gasteiger partial charge in [-0.1, -0.05) is 24.3 Å². The maximum Gasteiger partial charge on any atom is 0.194 e. The van der Waals surface area contributed by atoms with Crippen molar-refractivity contribution in [2.75, 3.05) is 13.7 Å². The van der Waals surface area contributed by atoms with Crippen LogP contribution in [0.25, 0.3) is 0 Å². The molecule has 1 aliphatic heterocycles. The normalized spacial score (nSPS) is 21.1. The summed E-state index contributed by atoms with van der Waals surface area (Å²) in [6.45, 7) is 1.06. The minimum atomic E-state index is -3.52. The molecule has 24 heavy (non-hydrogen) atoms. The van der Waals surface area contributed by atoms with Crippen LogP contribution in [0, 0.1) is 5.82 Å². The Balaban J connectivity index is 1.88. The van der Waals surface area contributed by atoms with E-state index >= 15 is 0 Å². The van der Waals surface area contributed by atoms with Crippen LogP contribution in [-0.4, -0.2) is 27.4 Å². The van der Waals surface area contributed by atoms with Crippen molar-refractivity contribution in [3.63, 3.8) is 0 Å². The van der Waals surface area contributed by atoms with Crippen LogP contribution in [0.1, 0.15) is 23.5 Å². The van der Waals surface area contributed by atoms with Crippen molar-refractivity contribution in [1.29, 1.82) is 0 Å². The van der Waals surface area contributed by atoms with Crippen molar-refractivity contribution in [3.05, 3.63) is 65.5 Å². The van der Waals surface area contributed by atoms with Crippen molar-refractivity contribution in [2.45, 2.75) is 29.2 Å². The molecule has 2 aromatic rings. The Bertz CT molecular complexity index is 788. The first-order chi connectivity index (χ1) is 11.5. The standard InChI is InChI=1S/C18H20FNO3S/c1-23-12-13-2-8-16(9-3-13)24(21,22)18-17(10-11-20-18)14-4-6-15(19)7-5-14/h2-9,17-18,20H,10-12H2,1H3. The number of methoxy groups -OCH3 is 1. The monoisotopic (exact) mass is 349 g/mol. The summed E-state index contributed by atoms with van der Waals surface area (Å²) in [7, 11) is -1.93. The topological polar surface area (TPSA) is 55.4 Å². The zero-order valence-corrected chi connectivity index (χ0v) is 14.2. The van der Waals surface area contributed by atoms with Crippen LogP contribution < -0.4 is 5.32 Å². The van der Waals surface area contributed by atoms with Gasteiger partial charge in [0.2, 0.25) is 0 Å². The molecule has 0 radical (unpaired) electrons. The second kappa shape index (κ2) is 7.01. The highest BCUT2D eigenvalue weighted by Crippen LogP contribution is 2.33. The van der Waals surface area contributed by atoms with E-state index in [9.17, 15) is 12.8 Å². The fourth-order valence-corrected chi connectivity index (χ4v) is 5.01. The number of hydrogen-bond donors (Lipinski definition) is 1. The van der Waals surface area contributed by atoms with Gasteiger partial charge in [-0.15, -0.1) is 0 Å². The van der Waals surface area contributed by atoms with Gasteiger partial charge >= 0.3 is 0 Å². The van der Waals surface area contributed by atoms with Crippen LogP contribution in [0.3, 0.4) is 0 Å². The molecule has 0 saturated carbocycles. The number of sulfone groups is 1. The van der Waals surface area contributed by atoms with Crippen LogP contribution in [0.2, 0.25) is 0 Å². The largest absolute Gasteiger partial charge is 0.380 e. The number of nitrogens with one attached hydrogen (secondary N) is 1. The van der Waals surface area contributed by atoms with E-state index in [0.717, 1.165) is 11.1 Å². The molecule has 4 nitrogen and oxygen atoms in total. The van der Waals surface area contributed by atoms with E-state index in [2.05, 4.69) is 5.32 Å². The summed E-state index contributed by atoms with van der Waals surface area (Å²) in [5, 5.41) is 2.39. The Morgan fingerprint density at radius 3 is 2.42 bits per heavy atom. The van der Waals surface area contributed by atoms with Gasteiger partial charge < -0.3 is 10.1 Å². The Hall–Kier alpha value is -1.76. The lowest BCUT2D eigenvalue weighted by Gasteiger charge is -2.20. The zero-order chi connectivity index (χ0) is 17.2. The number of benzene rings is 2. The SMILES string of the molecule is COCc1ccc(S(=O)(=O)C2NCCC2c2ccc(F)cc2)cc1. The second-order valence-corrected chi connectivity index (χ2v) is 8.01. The first-order valence-electron chi connectivity index (χ1n) is 7.83. The Kier molecular flexibility index (Phi) is 4.99. The van der Waals surface area contributed by atoms with Crippen molar-refractivity contribution < 1.29 is 17.5 Å². The van der Waals surface area contributed by atoms with Gasteiger partial charge in [0.15, 0.2) is 9.84 Å². The third-order valence-corrected chi connectivity index (χ3v) is 6.45. The molecule has 0 bridgehead atoms. The minimum absolute atomic E-state index is 0.186. The first kappa shape index (κ1) is 17.1. The second-order valence-electron chi connectivity index (χ2n) is 5.94. The highest BCUT2D eigenvalue weighted by molar-refractivity contribution is 7.92. The molecule has 0 aliphatic carbocycles. The van der Waals surface area contributed by atoms with Crippen LogP contribution in [0.15, 0.2) is 53.4 Å². The summed E-state index contributed by atoms with van der Waals surface area (Å²) in [6, 6.07) is 12.8. The van der Waals surface area contributed by atoms with Gasteiger partial charge in [0.05, 0.1) is 11.5 Å². The lowest BCUT2D eigenvalue weighted by atomic mass is 9.98. The Labute approximate surface area is 141 Å². The van der Waals surface area contributed by atoms with Gasteiger partial charge in [-0.3, -0.25) is 0 Å². The zero-order valence-electron chi connectivity index (χ0n) is 13.4. The summed E-state index contributed by atoms with van der Waals surface area (Å²) in [5.41, 5.74) is 1.76. The van der Waals surface area contributed by atoms with Crippen LogP contribution in [0.4, 0.5) is 4.39 Å². The highest BCUT2D eigenvalue weighted by atomic mass is 32.2. The first-order valence-corrected chi connectivity index (χ1v) is 9.37. The smallest absolute Gasteiger partial charge is 0.194 e. The molecule has 2 aromatic carbocycles. The van der Waals surface area contributed by atoms with Gasteiger partial charge in [-0.05, 0) is 48.4 Å². The predicted octanol–water partition coefficient (Wildman–Crippen LogP) is 2.85. The molecule has 1 saturated heterocycles. The molecule has 2 unspecified atom stereocenters. The molecular formula is C18H20FNO3S. The molecule has 1 aliphatic rings. The van der Waals surface area contributed by atoms with Crippen LogP contribution in [-0.2, 0) is 21.2 Å². The van der Waals surface area contributed by atoms with Gasteiger partial charge in [-0.25, -0.2) is 12.8 Å². The molecule has 2 atom stereocenters. The molecule has 1 N–H and O–H groups in total. The van der Waals surface area contributed by atoms with E-state index in [1.165, 1.54) is 12.1 Å². The molecule has 0 spiro atoms. The van der Waals surface area contributed by atoms with E-state index in [1.807, 2.05) is 0 Å². The number of ether oxygens (including phenoxy) is 1. The summed E-state index contributed by atoms with van der Waals surface area (Å²) in [5.74, 6) is -0.507. The van der Waals surface area contributed by atoms with Crippen molar-refractivity contribution >= 4 is 9.84 Å². The third kappa shape index (κ3) is 3.36. The summed E-state index contributed by atoms with van der Waals surface area (Å²) in [4.78, 5) is 0.286. The van der Waals surface area contributed by atoms with Crippen molar-refractivity contribution in [3.8, 4) is 0 Å². The number of rotatable bonds is 5. The van der Waals surface area contributed by atoms with E-state index in [0.29, 0.717) is 19.6 Å². The third-order valence-electron chi connectivity index (χ3n) is 4.36. The molecule has 1 fully saturated rings. The quantitative estimate of drug-likeness (QED) is 0.902. The Morgan fingerprint density at radius 2 is 1.79 bits per heavy atom. The van der Waals surface area contributed by atoms with Gasteiger partial charge in [0.1, 0.15) is 11.2 Å². The lowest BCUT2D eigenvalue weighted by Crippen LogP contribution is -2.34. The van der Waals surface area contributed by atoms with E-state index in [1.54, 1.807) is 43.5 Å². The molecular weight excluding hydrogens is 329 g/mol. The van der Waals surface area contributed by atoms with Crippen molar-refractivity contribution in [1.82, 2.24) is 5.32 Å². The maximum absolute atomic E-state index is 13.1. The average Bonchev–Trinajstić information content (AvgIpc) is 3.07. The molecule has 6 heteroatoms. The number of hydrogen-bond acceptors (Lipinski definition) is 4. The van der Waals surface area contributed by atoms with E-state index in [-0.39, 0.29) is 16.6 Å². The van der Waals surface area contributed by atoms with E-state index < -0.39 is 15.2 Å². The van der Waals surface area contributed by atoms with Gasteiger partial charge in [0.25, 0.3) is 0 Å². The molecule has 3 rings (SSSR count). The maximum atomic E-state index is 13.1. The lowest BCUT2D eigenvalue weighted by molar-refractivity contribution is 0.185. The van der Waals surface area contributed by atoms with Gasteiger partial charge in [0, 0.05) is 13.0 Å². The molecule has 1 heterocycles. The van der Waals surface area contributed by atoms with Crippen molar-refractivity contribution in [2.24, 2.45) is 0 Å². The number of halogens is 1. The summed E-state index contributed by atoms with van der Waals surface area (Å²) >= 11 is 0. The minimum Gasteiger partial charge on any atom is -0.380 e. The molecule has 128 valence electrons.